The molecule has 2 aromatic heterocycles. The van der Waals surface area contributed by atoms with E-state index in [1.165, 1.54) is 4.52 Å². The van der Waals surface area contributed by atoms with Crippen LogP contribution in [0.15, 0.2) is 53.3 Å². The first-order valence-corrected chi connectivity index (χ1v) is 8.23. The Kier molecular flexibility index (Phi) is 3.72. The molecule has 0 saturated carbocycles. The Morgan fingerprint density at radius 3 is 2.64 bits per heavy atom. The van der Waals surface area contributed by atoms with Crippen LogP contribution in [-0.4, -0.2) is 26.2 Å². The molecule has 2 aromatic carbocycles. The number of hydrogen-bond donors (Lipinski definition) is 1. The molecule has 0 amide bonds. The zero-order valence-corrected chi connectivity index (χ0v) is 14.1. The van der Waals surface area contributed by atoms with Gasteiger partial charge in [-0.15, -0.1) is 5.10 Å². The number of rotatable bonds is 4. The highest BCUT2D eigenvalue weighted by molar-refractivity contribution is 5.91. The van der Waals surface area contributed by atoms with Crippen LogP contribution in [0.4, 0.5) is 0 Å². The maximum absolute atomic E-state index is 12.2. The van der Waals surface area contributed by atoms with Crippen molar-refractivity contribution in [1.82, 2.24) is 19.6 Å². The average molecular weight is 334 g/mol. The first-order chi connectivity index (χ1) is 12.1. The summed E-state index contributed by atoms with van der Waals surface area (Å²) in [6, 6.07) is 15.2. The van der Waals surface area contributed by atoms with Crippen LogP contribution in [0.1, 0.15) is 13.8 Å². The molecule has 0 aliphatic carbocycles. The van der Waals surface area contributed by atoms with Crippen LogP contribution in [-0.2, 0) is 0 Å². The molecule has 0 spiro atoms. The zero-order chi connectivity index (χ0) is 17.4. The van der Waals surface area contributed by atoms with E-state index in [0.29, 0.717) is 24.0 Å². The van der Waals surface area contributed by atoms with Gasteiger partial charge in [0.25, 0.3) is 0 Å². The molecule has 1 N–H and O–H groups in total. The van der Waals surface area contributed by atoms with Crippen molar-refractivity contribution in [3.05, 3.63) is 59.0 Å². The van der Waals surface area contributed by atoms with Crippen LogP contribution < -0.4 is 10.4 Å². The van der Waals surface area contributed by atoms with E-state index in [1.807, 2.05) is 48.5 Å². The smallest absolute Gasteiger partial charge is 0.348 e. The van der Waals surface area contributed by atoms with E-state index in [2.05, 4.69) is 28.9 Å². The van der Waals surface area contributed by atoms with E-state index in [4.69, 9.17) is 4.74 Å². The second kappa shape index (κ2) is 6.05. The fraction of sp³-hybridized carbons (Fsp3) is 0.211. The molecule has 0 saturated heterocycles. The first kappa shape index (κ1) is 15.4. The van der Waals surface area contributed by atoms with Gasteiger partial charge < -0.3 is 9.72 Å². The molecule has 4 aromatic rings. The second-order valence-electron chi connectivity index (χ2n) is 6.38. The van der Waals surface area contributed by atoms with Crippen LogP contribution in [0.3, 0.4) is 0 Å². The lowest BCUT2D eigenvalue weighted by Crippen LogP contribution is -2.17. The van der Waals surface area contributed by atoms with Crippen LogP contribution in [0.2, 0.25) is 0 Å². The van der Waals surface area contributed by atoms with E-state index in [9.17, 15) is 4.79 Å². The largest absolute Gasteiger partial charge is 0.493 e. The minimum atomic E-state index is -0.302. The number of nitrogens with zero attached hydrogens (tertiary/aromatic N) is 3. The van der Waals surface area contributed by atoms with Gasteiger partial charge in [-0.05, 0) is 42.3 Å². The van der Waals surface area contributed by atoms with E-state index < -0.39 is 0 Å². The molecule has 0 bridgehead atoms. The van der Waals surface area contributed by atoms with Crippen molar-refractivity contribution < 1.29 is 4.74 Å². The van der Waals surface area contributed by atoms with Crippen molar-refractivity contribution >= 4 is 16.6 Å². The minimum Gasteiger partial charge on any atom is -0.493 e. The van der Waals surface area contributed by atoms with Gasteiger partial charge in [0.2, 0.25) is 0 Å². The van der Waals surface area contributed by atoms with Gasteiger partial charge in [0, 0.05) is 10.9 Å². The van der Waals surface area contributed by atoms with Crippen LogP contribution in [0.25, 0.3) is 27.9 Å². The molecular weight excluding hydrogens is 316 g/mol. The molecular formula is C19H18N4O2. The summed E-state index contributed by atoms with van der Waals surface area (Å²) in [5.74, 6) is 1.79. The fourth-order valence-electron chi connectivity index (χ4n) is 2.67. The number of benzene rings is 2. The number of ether oxygens (including phenoxy) is 1. The number of H-pyrrole nitrogens is 1. The van der Waals surface area contributed by atoms with Gasteiger partial charge >= 0.3 is 5.69 Å². The Morgan fingerprint density at radius 2 is 1.88 bits per heavy atom. The summed E-state index contributed by atoms with van der Waals surface area (Å²) >= 11 is 0. The Labute approximate surface area is 144 Å². The fourth-order valence-corrected chi connectivity index (χ4v) is 2.67. The molecule has 0 aliphatic rings. The van der Waals surface area contributed by atoms with Crippen LogP contribution in [0.5, 0.6) is 5.75 Å². The predicted molar refractivity (Wildman–Crippen MR) is 96.9 cm³/mol. The molecule has 0 unspecified atom stereocenters. The number of nitrogens with one attached hydrogen (secondary N) is 1. The zero-order valence-electron chi connectivity index (χ0n) is 14.1. The highest BCUT2D eigenvalue weighted by atomic mass is 16.5. The van der Waals surface area contributed by atoms with Gasteiger partial charge in [-0.2, -0.15) is 4.52 Å². The molecule has 0 fully saturated rings. The van der Waals surface area contributed by atoms with Gasteiger partial charge in [-0.25, -0.2) is 9.78 Å². The molecule has 6 heteroatoms. The van der Waals surface area contributed by atoms with Crippen LogP contribution in [0, 0.1) is 5.92 Å². The lowest BCUT2D eigenvalue weighted by Gasteiger charge is -2.08. The van der Waals surface area contributed by atoms with Gasteiger partial charge in [-0.1, -0.05) is 26.0 Å². The summed E-state index contributed by atoms with van der Waals surface area (Å²) in [6.07, 6.45) is 0. The lowest BCUT2D eigenvalue weighted by molar-refractivity contribution is 0.271. The minimum absolute atomic E-state index is 0.302. The molecule has 0 aliphatic heterocycles. The highest BCUT2D eigenvalue weighted by Gasteiger charge is 2.12. The van der Waals surface area contributed by atoms with E-state index in [0.717, 1.165) is 22.2 Å². The number of fused-ring (bicyclic) bond motifs is 3. The van der Waals surface area contributed by atoms with E-state index in [1.54, 1.807) is 0 Å². The Morgan fingerprint density at radius 1 is 1.12 bits per heavy atom. The number of aromatic amines is 1. The Hall–Kier alpha value is -3.15. The molecule has 126 valence electrons. The summed E-state index contributed by atoms with van der Waals surface area (Å²) in [5, 5.41) is 5.22. The number of para-hydroxylation sites is 1. The van der Waals surface area contributed by atoms with E-state index in [-0.39, 0.29) is 5.69 Å². The van der Waals surface area contributed by atoms with Crippen molar-refractivity contribution in [2.75, 3.05) is 6.61 Å². The van der Waals surface area contributed by atoms with Gasteiger partial charge in [0.05, 0.1) is 12.1 Å². The molecule has 2 heterocycles. The maximum atomic E-state index is 12.2. The average Bonchev–Trinajstić information content (AvgIpc) is 3.07. The SMILES string of the molecule is CC(C)COc1ccc(-c2nc3c4ccccc4[nH]c(=O)n3n2)cc1. The number of aromatic nitrogens is 4. The van der Waals surface area contributed by atoms with Crippen molar-refractivity contribution in [3.8, 4) is 17.1 Å². The Bertz CT molecular complexity index is 1090. The molecule has 0 radical (unpaired) electrons. The summed E-state index contributed by atoms with van der Waals surface area (Å²) in [4.78, 5) is 19.6. The van der Waals surface area contributed by atoms with E-state index >= 15 is 0 Å². The number of hydrogen-bond acceptors (Lipinski definition) is 4. The summed E-state index contributed by atoms with van der Waals surface area (Å²) in [7, 11) is 0. The van der Waals surface area contributed by atoms with Crippen molar-refractivity contribution in [3.63, 3.8) is 0 Å². The first-order valence-electron chi connectivity index (χ1n) is 8.23. The third kappa shape index (κ3) is 2.87. The topological polar surface area (TPSA) is 72.3 Å². The summed E-state index contributed by atoms with van der Waals surface area (Å²) in [5.41, 5.74) is 1.83. The molecule has 6 nitrogen and oxygen atoms in total. The van der Waals surface area contributed by atoms with Gasteiger partial charge in [0.1, 0.15) is 5.75 Å². The molecule has 0 atom stereocenters. The maximum Gasteiger partial charge on any atom is 0.348 e. The monoisotopic (exact) mass is 334 g/mol. The van der Waals surface area contributed by atoms with Gasteiger partial charge in [-0.3, -0.25) is 0 Å². The van der Waals surface area contributed by atoms with Gasteiger partial charge in [0.15, 0.2) is 11.5 Å². The molecule has 4 rings (SSSR count). The second-order valence-corrected chi connectivity index (χ2v) is 6.38. The lowest BCUT2D eigenvalue weighted by atomic mass is 10.2. The van der Waals surface area contributed by atoms with Crippen molar-refractivity contribution in [1.29, 1.82) is 0 Å². The summed E-state index contributed by atoms with van der Waals surface area (Å²) in [6.45, 7) is 4.89. The standard InChI is InChI=1S/C19H18N4O2/c1-12(2)11-25-14-9-7-13(8-10-14)17-21-18-15-5-3-4-6-16(15)20-19(24)23(18)22-17/h3-10,12H,11H2,1-2H3,(H,20,24). The summed E-state index contributed by atoms with van der Waals surface area (Å²) < 4.78 is 7.00. The van der Waals surface area contributed by atoms with Crippen molar-refractivity contribution in [2.45, 2.75) is 13.8 Å². The van der Waals surface area contributed by atoms with Crippen molar-refractivity contribution in [2.24, 2.45) is 5.92 Å². The normalized spacial score (nSPS) is 11.5. The highest BCUT2D eigenvalue weighted by Crippen LogP contribution is 2.22. The quantitative estimate of drug-likeness (QED) is 0.622. The van der Waals surface area contributed by atoms with Crippen LogP contribution >= 0.6 is 0 Å². The third-order valence-electron chi connectivity index (χ3n) is 3.90. The molecule has 25 heavy (non-hydrogen) atoms. The third-order valence-corrected chi connectivity index (χ3v) is 3.90. The Balaban J connectivity index is 1.76. The predicted octanol–water partition coefficient (Wildman–Crippen LogP) is 3.27.